The van der Waals surface area contributed by atoms with Crippen molar-refractivity contribution in [2.75, 3.05) is 30.8 Å². The molecule has 0 saturated carbocycles. The maximum atomic E-state index is 13.2. The van der Waals surface area contributed by atoms with Crippen LogP contribution in [-0.4, -0.2) is 40.9 Å². The van der Waals surface area contributed by atoms with E-state index in [1.807, 2.05) is 18.2 Å². The fraction of sp³-hybridized carbons (Fsp3) is 0.321. The first-order valence-corrected chi connectivity index (χ1v) is 11.7. The van der Waals surface area contributed by atoms with Crippen molar-refractivity contribution in [3.05, 3.63) is 89.4 Å². The summed E-state index contributed by atoms with van der Waals surface area (Å²) in [4.78, 5) is 24.0. The summed E-state index contributed by atoms with van der Waals surface area (Å²) in [6.07, 6.45) is 8.50. The molecule has 2 N–H and O–H groups in total. The summed E-state index contributed by atoms with van der Waals surface area (Å²) >= 11 is 0. The van der Waals surface area contributed by atoms with Crippen molar-refractivity contribution in [3.63, 3.8) is 0 Å². The second-order valence-electron chi connectivity index (χ2n) is 9.81. The molecule has 1 amide bonds. The molecule has 0 bridgehead atoms. The van der Waals surface area contributed by atoms with Gasteiger partial charge in [-0.3, -0.25) is 9.78 Å². The Morgan fingerprint density at radius 3 is 2.59 bits per heavy atom. The minimum Gasteiger partial charge on any atom is -0.365 e. The Morgan fingerprint density at radius 1 is 1.09 bits per heavy atom. The van der Waals surface area contributed by atoms with Crippen LogP contribution < -0.4 is 10.6 Å². The molecule has 6 heteroatoms. The average Bonchev–Trinajstić information content (AvgIpc) is 2.83. The molecule has 3 aromatic rings. The molecule has 1 aliphatic heterocycles. The van der Waals surface area contributed by atoms with Gasteiger partial charge in [-0.15, -0.1) is 0 Å². The zero-order valence-electron chi connectivity index (χ0n) is 20.4. The van der Waals surface area contributed by atoms with Crippen LogP contribution in [0, 0.1) is 0 Å². The molecule has 4 rings (SSSR count). The highest BCUT2D eigenvalue weighted by molar-refractivity contribution is 6.07. The lowest BCUT2D eigenvalue weighted by Crippen LogP contribution is -2.25. The molecule has 0 aliphatic carbocycles. The Bertz CT molecular complexity index is 1180. The first kappa shape index (κ1) is 23.6. The predicted octanol–water partition coefficient (Wildman–Crippen LogP) is 5.36. The molecule has 1 aliphatic rings. The van der Waals surface area contributed by atoms with Crippen LogP contribution in [0.3, 0.4) is 0 Å². The maximum Gasteiger partial charge on any atom is 0.259 e. The van der Waals surface area contributed by atoms with E-state index >= 15 is 0 Å². The van der Waals surface area contributed by atoms with E-state index in [0.29, 0.717) is 17.9 Å². The van der Waals surface area contributed by atoms with Gasteiger partial charge in [0.05, 0.1) is 5.56 Å². The molecule has 0 fully saturated rings. The van der Waals surface area contributed by atoms with E-state index in [1.54, 1.807) is 30.7 Å². The molecule has 0 radical (unpaired) electrons. The standard InChI is InChI=1S/C28H33N5O/c1-28(2,3)25-8-7-22(18-24(25)21-11-16-33(4)17-12-21)32-27(34)23-6-5-13-30-26(23)31-19-20-9-14-29-15-10-20/h5-11,13-15,18H,12,16-17,19H2,1-4H3,(H,30,31)(H,32,34). The van der Waals surface area contributed by atoms with Crippen LogP contribution in [0.2, 0.25) is 0 Å². The number of amides is 1. The fourth-order valence-electron chi connectivity index (χ4n) is 4.17. The van der Waals surface area contributed by atoms with E-state index in [0.717, 1.165) is 30.8 Å². The number of hydrogen-bond acceptors (Lipinski definition) is 5. The third-order valence-corrected chi connectivity index (χ3v) is 6.11. The highest BCUT2D eigenvalue weighted by Crippen LogP contribution is 2.35. The van der Waals surface area contributed by atoms with Crippen molar-refractivity contribution in [3.8, 4) is 0 Å². The summed E-state index contributed by atoms with van der Waals surface area (Å²) in [5.41, 5.74) is 6.24. The normalized spacial score (nSPS) is 14.4. The molecule has 0 atom stereocenters. The van der Waals surface area contributed by atoms with E-state index in [-0.39, 0.29) is 11.3 Å². The Hall–Kier alpha value is -3.51. The molecule has 1 aromatic carbocycles. The Morgan fingerprint density at radius 2 is 1.88 bits per heavy atom. The van der Waals surface area contributed by atoms with Crippen molar-refractivity contribution in [2.45, 2.75) is 39.2 Å². The quantitative estimate of drug-likeness (QED) is 0.524. The molecule has 34 heavy (non-hydrogen) atoms. The number of hydrogen-bond donors (Lipinski definition) is 2. The number of likely N-dealkylation sites (N-methyl/N-ethyl adjacent to an activating group) is 1. The highest BCUT2D eigenvalue weighted by atomic mass is 16.1. The van der Waals surface area contributed by atoms with E-state index in [1.165, 1.54) is 16.7 Å². The summed E-state index contributed by atoms with van der Waals surface area (Å²) in [5, 5.41) is 6.38. The molecule has 2 aromatic heterocycles. The molecule has 0 saturated heterocycles. The van der Waals surface area contributed by atoms with E-state index < -0.39 is 0 Å². The number of anilines is 2. The number of pyridine rings is 2. The lowest BCUT2D eigenvalue weighted by atomic mass is 9.80. The van der Waals surface area contributed by atoms with Gasteiger partial charge in [0.2, 0.25) is 0 Å². The average molecular weight is 456 g/mol. The maximum absolute atomic E-state index is 13.2. The van der Waals surface area contributed by atoms with Crippen LogP contribution in [-0.2, 0) is 12.0 Å². The zero-order chi connectivity index (χ0) is 24.1. The van der Waals surface area contributed by atoms with Gasteiger partial charge >= 0.3 is 0 Å². The van der Waals surface area contributed by atoms with Gasteiger partial charge in [-0.25, -0.2) is 4.98 Å². The summed E-state index contributed by atoms with van der Waals surface area (Å²) in [5.74, 6) is 0.374. The van der Waals surface area contributed by atoms with Crippen LogP contribution in [0.1, 0.15) is 54.2 Å². The van der Waals surface area contributed by atoms with Gasteiger partial charge in [-0.05, 0) is 77.5 Å². The molecule has 0 spiro atoms. The minimum atomic E-state index is -0.183. The monoisotopic (exact) mass is 455 g/mol. The number of carbonyl (C=O) groups excluding carboxylic acids is 1. The van der Waals surface area contributed by atoms with Gasteiger partial charge in [0.15, 0.2) is 0 Å². The SMILES string of the molecule is CN1CC=C(c2cc(NC(=O)c3cccnc3NCc3ccncc3)ccc2C(C)(C)C)CC1. The first-order chi connectivity index (χ1) is 16.3. The lowest BCUT2D eigenvalue weighted by molar-refractivity contribution is 0.102. The van der Waals surface area contributed by atoms with Crippen molar-refractivity contribution in [2.24, 2.45) is 0 Å². The number of aromatic nitrogens is 2. The van der Waals surface area contributed by atoms with Gasteiger partial charge in [0.25, 0.3) is 5.91 Å². The second kappa shape index (κ2) is 10.2. The molecule has 0 unspecified atom stereocenters. The van der Waals surface area contributed by atoms with Gasteiger partial charge in [-0.2, -0.15) is 0 Å². The summed E-state index contributed by atoms with van der Waals surface area (Å²) in [7, 11) is 2.14. The van der Waals surface area contributed by atoms with Crippen LogP contribution >= 0.6 is 0 Å². The van der Waals surface area contributed by atoms with Crippen LogP contribution in [0.4, 0.5) is 11.5 Å². The minimum absolute atomic E-state index is 0.00938. The first-order valence-electron chi connectivity index (χ1n) is 11.7. The largest absolute Gasteiger partial charge is 0.365 e. The highest BCUT2D eigenvalue weighted by Gasteiger charge is 2.22. The summed E-state index contributed by atoms with van der Waals surface area (Å²) in [6.45, 7) is 9.24. The third kappa shape index (κ3) is 5.69. The number of nitrogens with zero attached hydrogens (tertiary/aromatic N) is 3. The zero-order valence-corrected chi connectivity index (χ0v) is 20.4. The van der Waals surface area contributed by atoms with Crippen molar-refractivity contribution >= 4 is 23.0 Å². The smallest absolute Gasteiger partial charge is 0.259 e. The van der Waals surface area contributed by atoms with Gasteiger partial charge in [-0.1, -0.05) is 32.9 Å². The molecule has 3 heterocycles. The van der Waals surface area contributed by atoms with Gasteiger partial charge < -0.3 is 15.5 Å². The van der Waals surface area contributed by atoms with Gasteiger partial charge in [0, 0.05) is 43.9 Å². The van der Waals surface area contributed by atoms with Crippen molar-refractivity contribution < 1.29 is 4.79 Å². The second-order valence-corrected chi connectivity index (χ2v) is 9.81. The molecular weight excluding hydrogens is 422 g/mol. The number of rotatable bonds is 6. The van der Waals surface area contributed by atoms with Gasteiger partial charge in [0.1, 0.15) is 5.82 Å². The third-order valence-electron chi connectivity index (χ3n) is 6.11. The van der Waals surface area contributed by atoms with Crippen LogP contribution in [0.25, 0.3) is 5.57 Å². The van der Waals surface area contributed by atoms with E-state index in [2.05, 4.69) is 71.5 Å². The van der Waals surface area contributed by atoms with Crippen molar-refractivity contribution in [1.29, 1.82) is 0 Å². The van der Waals surface area contributed by atoms with E-state index in [4.69, 9.17) is 0 Å². The number of benzene rings is 1. The number of nitrogens with one attached hydrogen (secondary N) is 2. The topological polar surface area (TPSA) is 70.2 Å². The fourth-order valence-corrected chi connectivity index (χ4v) is 4.17. The van der Waals surface area contributed by atoms with Crippen LogP contribution in [0.5, 0.6) is 0 Å². The van der Waals surface area contributed by atoms with E-state index in [9.17, 15) is 4.79 Å². The predicted molar refractivity (Wildman–Crippen MR) is 139 cm³/mol. The molecule has 6 nitrogen and oxygen atoms in total. The Balaban J connectivity index is 1.57. The molecule has 176 valence electrons. The van der Waals surface area contributed by atoms with Crippen molar-refractivity contribution in [1.82, 2.24) is 14.9 Å². The van der Waals surface area contributed by atoms with Crippen LogP contribution in [0.15, 0.2) is 67.1 Å². The summed E-state index contributed by atoms with van der Waals surface area (Å²) in [6, 6.07) is 13.7. The lowest BCUT2D eigenvalue weighted by Gasteiger charge is -2.28. The molecular formula is C28H33N5O. The number of carbonyl (C=O) groups is 1. The Kier molecular flexibility index (Phi) is 7.08. The Labute approximate surface area is 202 Å². The summed E-state index contributed by atoms with van der Waals surface area (Å²) < 4.78 is 0.